The molecule has 1 unspecified atom stereocenters. The molecule has 0 radical (unpaired) electrons. The molecule has 6 heteroatoms. The van der Waals surface area contributed by atoms with E-state index in [2.05, 4.69) is 5.16 Å². The molecule has 1 rings (SSSR count). The maximum Gasteiger partial charge on any atom is 0.253 e. The number of aryl methyl sites for hydroxylation is 1. The van der Waals surface area contributed by atoms with E-state index in [4.69, 9.17) is 22.5 Å². The van der Waals surface area contributed by atoms with Crippen LogP contribution in [-0.4, -0.2) is 34.9 Å². The van der Waals surface area contributed by atoms with E-state index < -0.39 is 0 Å². The zero-order valence-corrected chi connectivity index (χ0v) is 12.7. The van der Waals surface area contributed by atoms with Gasteiger partial charge in [-0.2, -0.15) is 0 Å². The van der Waals surface area contributed by atoms with Crippen LogP contribution in [0.4, 0.5) is 0 Å². The fourth-order valence-electron chi connectivity index (χ4n) is 1.84. The van der Waals surface area contributed by atoms with Gasteiger partial charge in [-0.15, -0.1) is 0 Å². The summed E-state index contributed by atoms with van der Waals surface area (Å²) in [6.07, 6.45) is 0. The minimum atomic E-state index is -0.211. The maximum absolute atomic E-state index is 12.4. The first-order chi connectivity index (χ1) is 9.40. The van der Waals surface area contributed by atoms with Crippen molar-refractivity contribution in [2.45, 2.75) is 20.8 Å². The fraction of sp³-hybridized carbons (Fsp3) is 0.429. The number of hydrogen-bond acceptors (Lipinski definition) is 3. The Morgan fingerprint density at radius 2 is 2.20 bits per heavy atom. The van der Waals surface area contributed by atoms with Gasteiger partial charge in [0.1, 0.15) is 5.84 Å². The standard InChI is InChI=1S/C14H20ClN3O2/c1-4-18(8-10(3)13(16)17-20)14(19)11-5-6-12(15)9(2)7-11/h5-7,10,20H,4,8H2,1-3H3,(H2,16,17). The number of rotatable bonds is 5. The summed E-state index contributed by atoms with van der Waals surface area (Å²) < 4.78 is 0. The molecule has 3 N–H and O–H groups in total. The molecule has 0 fully saturated rings. The molecular weight excluding hydrogens is 278 g/mol. The Kier molecular flexibility index (Phi) is 5.82. The quantitative estimate of drug-likeness (QED) is 0.379. The van der Waals surface area contributed by atoms with Crippen LogP contribution in [-0.2, 0) is 0 Å². The predicted molar refractivity (Wildman–Crippen MR) is 80.3 cm³/mol. The first-order valence-electron chi connectivity index (χ1n) is 6.43. The average molecular weight is 298 g/mol. The predicted octanol–water partition coefficient (Wildman–Crippen LogP) is 2.49. The van der Waals surface area contributed by atoms with Gasteiger partial charge in [-0.25, -0.2) is 0 Å². The SMILES string of the molecule is CCN(CC(C)/C(N)=N/O)C(=O)c1ccc(Cl)c(C)c1. The van der Waals surface area contributed by atoms with E-state index in [0.29, 0.717) is 23.7 Å². The fourth-order valence-corrected chi connectivity index (χ4v) is 1.96. The van der Waals surface area contributed by atoms with Crippen LogP contribution >= 0.6 is 11.6 Å². The number of hydrogen-bond donors (Lipinski definition) is 2. The number of carbonyl (C=O) groups is 1. The van der Waals surface area contributed by atoms with Crippen molar-refractivity contribution >= 4 is 23.3 Å². The first kappa shape index (κ1) is 16.3. The lowest BCUT2D eigenvalue weighted by molar-refractivity contribution is 0.0753. The zero-order valence-electron chi connectivity index (χ0n) is 11.9. The minimum absolute atomic E-state index is 0.0927. The van der Waals surface area contributed by atoms with E-state index in [1.165, 1.54) is 0 Å². The summed E-state index contributed by atoms with van der Waals surface area (Å²) in [5.74, 6) is -0.189. The van der Waals surface area contributed by atoms with Gasteiger partial charge in [0.15, 0.2) is 0 Å². The summed E-state index contributed by atoms with van der Waals surface area (Å²) >= 11 is 5.96. The summed E-state index contributed by atoms with van der Waals surface area (Å²) in [6, 6.07) is 5.18. The third-order valence-corrected chi connectivity index (χ3v) is 3.61. The Morgan fingerprint density at radius 1 is 1.55 bits per heavy atom. The smallest absolute Gasteiger partial charge is 0.253 e. The van der Waals surface area contributed by atoms with Gasteiger partial charge in [0.25, 0.3) is 5.91 Å². The summed E-state index contributed by atoms with van der Waals surface area (Å²) in [7, 11) is 0. The number of carbonyl (C=O) groups excluding carboxylic acids is 1. The molecule has 1 aromatic rings. The van der Waals surface area contributed by atoms with Crippen molar-refractivity contribution in [1.29, 1.82) is 0 Å². The van der Waals surface area contributed by atoms with Crippen molar-refractivity contribution in [2.75, 3.05) is 13.1 Å². The van der Waals surface area contributed by atoms with Gasteiger partial charge in [-0.05, 0) is 37.6 Å². The van der Waals surface area contributed by atoms with Crippen LogP contribution in [0.1, 0.15) is 29.8 Å². The molecule has 0 bridgehead atoms. The second-order valence-corrected chi connectivity index (χ2v) is 5.14. The molecule has 0 saturated carbocycles. The summed E-state index contributed by atoms with van der Waals surface area (Å²) in [4.78, 5) is 14.1. The Labute approximate surface area is 124 Å². The average Bonchev–Trinajstić information content (AvgIpc) is 2.45. The molecule has 1 amide bonds. The Bertz CT molecular complexity index is 517. The van der Waals surface area contributed by atoms with E-state index in [0.717, 1.165) is 5.56 Å². The second kappa shape index (κ2) is 7.14. The van der Waals surface area contributed by atoms with E-state index in [1.54, 1.807) is 30.0 Å². The number of oxime groups is 1. The molecule has 0 aromatic heterocycles. The van der Waals surface area contributed by atoms with Crippen LogP contribution in [0, 0.1) is 12.8 Å². The van der Waals surface area contributed by atoms with Crippen LogP contribution in [0.25, 0.3) is 0 Å². The van der Waals surface area contributed by atoms with Gasteiger partial charge in [0.2, 0.25) is 0 Å². The van der Waals surface area contributed by atoms with Crippen LogP contribution in [0.15, 0.2) is 23.4 Å². The number of amides is 1. The van der Waals surface area contributed by atoms with Crippen molar-refractivity contribution in [3.05, 3.63) is 34.3 Å². The first-order valence-corrected chi connectivity index (χ1v) is 6.81. The molecule has 5 nitrogen and oxygen atoms in total. The lowest BCUT2D eigenvalue weighted by Gasteiger charge is -2.24. The van der Waals surface area contributed by atoms with Crippen LogP contribution in [0.3, 0.4) is 0 Å². The molecule has 20 heavy (non-hydrogen) atoms. The van der Waals surface area contributed by atoms with Crippen molar-refractivity contribution in [1.82, 2.24) is 4.90 Å². The van der Waals surface area contributed by atoms with Gasteiger partial charge in [-0.3, -0.25) is 4.79 Å². The highest BCUT2D eigenvalue weighted by Crippen LogP contribution is 2.18. The van der Waals surface area contributed by atoms with Gasteiger partial charge >= 0.3 is 0 Å². The molecule has 0 aliphatic carbocycles. The van der Waals surface area contributed by atoms with Gasteiger partial charge in [0.05, 0.1) is 0 Å². The van der Waals surface area contributed by atoms with Crippen molar-refractivity contribution in [3.8, 4) is 0 Å². The number of benzene rings is 1. The summed E-state index contributed by atoms with van der Waals surface area (Å²) in [6.45, 7) is 6.49. The van der Waals surface area contributed by atoms with E-state index >= 15 is 0 Å². The van der Waals surface area contributed by atoms with E-state index in [-0.39, 0.29) is 17.7 Å². The van der Waals surface area contributed by atoms with Crippen molar-refractivity contribution in [2.24, 2.45) is 16.8 Å². The molecule has 0 saturated heterocycles. The number of nitrogens with zero attached hydrogens (tertiary/aromatic N) is 2. The molecule has 1 aromatic carbocycles. The molecule has 0 aliphatic heterocycles. The zero-order chi connectivity index (χ0) is 15.3. The minimum Gasteiger partial charge on any atom is -0.409 e. The third kappa shape index (κ3) is 3.87. The molecule has 0 spiro atoms. The maximum atomic E-state index is 12.4. The highest BCUT2D eigenvalue weighted by molar-refractivity contribution is 6.31. The van der Waals surface area contributed by atoms with Crippen molar-refractivity contribution in [3.63, 3.8) is 0 Å². The highest BCUT2D eigenvalue weighted by Gasteiger charge is 2.19. The van der Waals surface area contributed by atoms with Crippen molar-refractivity contribution < 1.29 is 10.0 Å². The normalized spacial score (nSPS) is 13.1. The lowest BCUT2D eigenvalue weighted by Crippen LogP contribution is -2.38. The second-order valence-electron chi connectivity index (χ2n) is 4.73. The van der Waals surface area contributed by atoms with E-state index in [1.807, 2.05) is 13.8 Å². The van der Waals surface area contributed by atoms with Crippen LogP contribution < -0.4 is 5.73 Å². The van der Waals surface area contributed by atoms with Crippen LogP contribution in [0.5, 0.6) is 0 Å². The largest absolute Gasteiger partial charge is 0.409 e. The Morgan fingerprint density at radius 3 is 2.70 bits per heavy atom. The van der Waals surface area contributed by atoms with Crippen LogP contribution in [0.2, 0.25) is 5.02 Å². The summed E-state index contributed by atoms with van der Waals surface area (Å²) in [5.41, 5.74) is 6.99. The number of halogens is 1. The Hall–Kier alpha value is -1.75. The molecule has 0 heterocycles. The number of nitrogens with two attached hydrogens (primary N) is 1. The summed E-state index contributed by atoms with van der Waals surface area (Å²) in [5, 5.41) is 12.3. The van der Waals surface area contributed by atoms with E-state index in [9.17, 15) is 4.79 Å². The third-order valence-electron chi connectivity index (χ3n) is 3.19. The molecular formula is C14H20ClN3O2. The topological polar surface area (TPSA) is 78.9 Å². The van der Waals surface area contributed by atoms with Gasteiger partial charge in [-0.1, -0.05) is 23.7 Å². The molecule has 1 atom stereocenters. The highest BCUT2D eigenvalue weighted by atomic mass is 35.5. The molecule has 110 valence electrons. The Balaban J connectivity index is 2.89. The molecule has 0 aliphatic rings. The number of amidine groups is 1. The van der Waals surface area contributed by atoms with Gasteiger partial charge in [0, 0.05) is 29.6 Å². The monoisotopic (exact) mass is 297 g/mol. The van der Waals surface area contributed by atoms with Gasteiger partial charge < -0.3 is 15.8 Å². The lowest BCUT2D eigenvalue weighted by atomic mass is 10.1.